The number of amidine groups is 1. The highest BCUT2D eigenvalue weighted by Crippen LogP contribution is 2.51. The number of carbonyl (C=O) groups is 2. The van der Waals surface area contributed by atoms with Crippen LogP contribution >= 0.6 is 11.6 Å². The van der Waals surface area contributed by atoms with Crippen molar-refractivity contribution in [3.8, 4) is 11.1 Å². The zero-order chi connectivity index (χ0) is 23.8. The maximum Gasteiger partial charge on any atom is 0.256 e. The lowest BCUT2D eigenvalue weighted by Crippen LogP contribution is -2.48. The summed E-state index contributed by atoms with van der Waals surface area (Å²) in [5.41, 5.74) is 2.67. The summed E-state index contributed by atoms with van der Waals surface area (Å²) in [5, 5.41) is 0.722. The van der Waals surface area contributed by atoms with Crippen LogP contribution < -0.4 is 0 Å². The van der Waals surface area contributed by atoms with Gasteiger partial charge in [0.25, 0.3) is 5.91 Å². The van der Waals surface area contributed by atoms with Crippen molar-refractivity contribution in [2.45, 2.75) is 37.6 Å². The Morgan fingerprint density at radius 1 is 0.971 bits per heavy atom. The van der Waals surface area contributed by atoms with E-state index in [4.69, 9.17) is 16.6 Å². The third-order valence-electron chi connectivity index (χ3n) is 8.61. The highest BCUT2D eigenvalue weighted by molar-refractivity contribution is 6.30. The molecule has 0 radical (unpaired) electrons. The fraction of sp³-hybridized carbons (Fsp3) is 0.414. The third-order valence-corrected chi connectivity index (χ3v) is 8.86. The largest absolute Gasteiger partial charge is 0.342 e. The van der Waals surface area contributed by atoms with Gasteiger partial charge < -0.3 is 4.90 Å². The molecule has 2 aromatic rings. The summed E-state index contributed by atoms with van der Waals surface area (Å²) < 4.78 is 0. The highest BCUT2D eigenvalue weighted by Gasteiger charge is 2.59. The number of hydrogen-bond donors (Lipinski definition) is 0. The molecule has 0 N–H and O–H groups in total. The summed E-state index contributed by atoms with van der Waals surface area (Å²) in [7, 11) is 0. The van der Waals surface area contributed by atoms with Crippen molar-refractivity contribution in [2.75, 3.05) is 19.6 Å². The van der Waals surface area contributed by atoms with Crippen molar-refractivity contribution in [1.82, 2.24) is 9.80 Å². The Bertz CT molecular complexity index is 1270. The van der Waals surface area contributed by atoms with E-state index in [-0.39, 0.29) is 23.2 Å². The zero-order valence-corrected chi connectivity index (χ0v) is 20.4. The van der Waals surface area contributed by atoms with Gasteiger partial charge in [-0.2, -0.15) is 0 Å². The average Bonchev–Trinajstić information content (AvgIpc) is 3.79. The standard InChI is InChI=1S/C29H28ClN3O2/c30-24-9-7-20(8-10-24)19-1-3-21(4-2-19)25-31-29(13-14-29)27(35)33(25)17-23-11-12-28(23)15-16-32(18-28)26(34)22-5-6-22/h1-4,7-12,22-23H,5-6,13-18H2. The third kappa shape index (κ3) is 3.47. The van der Waals surface area contributed by atoms with Gasteiger partial charge in [-0.1, -0.05) is 60.2 Å². The first kappa shape index (κ1) is 21.4. The lowest BCUT2D eigenvalue weighted by atomic mass is 9.66. The molecule has 2 aromatic carbocycles. The Morgan fingerprint density at radius 2 is 1.63 bits per heavy atom. The van der Waals surface area contributed by atoms with Crippen LogP contribution in [0.15, 0.2) is 65.7 Å². The SMILES string of the molecule is O=C(C1CC1)N1CCC2(C=CC2CN2C(=O)C3(CC3)N=C2c2ccc(-c3ccc(Cl)cc3)cc2)C1. The molecular weight excluding hydrogens is 458 g/mol. The Balaban J connectivity index is 1.12. The van der Waals surface area contributed by atoms with E-state index < -0.39 is 5.54 Å². The smallest absolute Gasteiger partial charge is 0.256 e. The van der Waals surface area contributed by atoms with E-state index in [0.29, 0.717) is 12.5 Å². The van der Waals surface area contributed by atoms with Crippen molar-refractivity contribution in [2.24, 2.45) is 22.2 Å². The van der Waals surface area contributed by atoms with E-state index in [1.165, 1.54) is 0 Å². The summed E-state index contributed by atoms with van der Waals surface area (Å²) in [4.78, 5) is 35.0. The second-order valence-electron chi connectivity index (χ2n) is 10.9. The number of aliphatic imine (C=N–C) groups is 1. The normalized spacial score (nSPS) is 28.1. The van der Waals surface area contributed by atoms with Gasteiger partial charge in [0.15, 0.2) is 0 Å². The van der Waals surface area contributed by atoms with Gasteiger partial charge in [0, 0.05) is 47.5 Å². The number of likely N-dealkylation sites (tertiary alicyclic amines) is 1. The first-order valence-electron chi connectivity index (χ1n) is 12.7. The lowest BCUT2D eigenvalue weighted by Gasteiger charge is -2.42. The maximum absolute atomic E-state index is 13.5. The summed E-state index contributed by atoms with van der Waals surface area (Å²) in [6.45, 7) is 2.26. The van der Waals surface area contributed by atoms with Gasteiger partial charge in [-0.3, -0.25) is 19.5 Å². The van der Waals surface area contributed by atoms with Crippen LogP contribution in [0.4, 0.5) is 0 Å². The zero-order valence-electron chi connectivity index (χ0n) is 19.6. The summed E-state index contributed by atoms with van der Waals surface area (Å²) in [6.07, 6.45) is 9.27. The van der Waals surface area contributed by atoms with E-state index in [1.807, 2.05) is 29.2 Å². The molecule has 3 aliphatic carbocycles. The second kappa shape index (κ2) is 7.54. The minimum absolute atomic E-state index is 0.00762. The van der Waals surface area contributed by atoms with E-state index in [0.717, 1.165) is 72.7 Å². The molecule has 5 aliphatic rings. The van der Waals surface area contributed by atoms with Gasteiger partial charge in [0.05, 0.1) is 0 Å². The van der Waals surface area contributed by atoms with Gasteiger partial charge in [0.2, 0.25) is 5.91 Å². The average molecular weight is 486 g/mol. The van der Waals surface area contributed by atoms with Gasteiger partial charge >= 0.3 is 0 Å². The molecule has 3 fully saturated rings. The minimum atomic E-state index is -0.533. The van der Waals surface area contributed by atoms with Crippen molar-refractivity contribution in [3.05, 3.63) is 71.3 Å². The van der Waals surface area contributed by atoms with Gasteiger partial charge in [-0.05, 0) is 55.4 Å². The fourth-order valence-electron chi connectivity index (χ4n) is 5.96. The Morgan fingerprint density at radius 3 is 2.23 bits per heavy atom. The molecule has 1 saturated heterocycles. The fourth-order valence-corrected chi connectivity index (χ4v) is 6.09. The molecule has 2 saturated carbocycles. The van der Waals surface area contributed by atoms with Crippen LogP contribution in [-0.4, -0.2) is 52.6 Å². The molecule has 178 valence electrons. The van der Waals surface area contributed by atoms with Gasteiger partial charge in [-0.25, -0.2) is 0 Å². The first-order valence-corrected chi connectivity index (χ1v) is 13.1. The Labute approximate surface area is 210 Å². The summed E-state index contributed by atoms with van der Waals surface area (Å²) >= 11 is 6.04. The van der Waals surface area contributed by atoms with E-state index >= 15 is 0 Å². The van der Waals surface area contributed by atoms with Crippen LogP contribution in [0.3, 0.4) is 0 Å². The van der Waals surface area contributed by atoms with E-state index in [9.17, 15) is 9.59 Å². The van der Waals surface area contributed by atoms with Crippen molar-refractivity contribution < 1.29 is 9.59 Å². The van der Waals surface area contributed by atoms with Crippen LogP contribution in [0.1, 0.15) is 37.7 Å². The molecule has 2 spiro atoms. The number of carbonyl (C=O) groups excluding carboxylic acids is 2. The number of rotatable bonds is 5. The van der Waals surface area contributed by atoms with Gasteiger partial charge in [0.1, 0.15) is 11.4 Å². The lowest BCUT2D eigenvalue weighted by molar-refractivity contribution is -0.132. The predicted molar refractivity (Wildman–Crippen MR) is 136 cm³/mol. The Hall–Kier alpha value is -2.92. The first-order chi connectivity index (χ1) is 17.0. The van der Waals surface area contributed by atoms with E-state index in [2.05, 4.69) is 41.3 Å². The van der Waals surface area contributed by atoms with Crippen LogP contribution in [0.2, 0.25) is 5.02 Å². The number of hydrogen-bond acceptors (Lipinski definition) is 3. The van der Waals surface area contributed by atoms with Crippen molar-refractivity contribution in [3.63, 3.8) is 0 Å². The van der Waals surface area contributed by atoms with Crippen LogP contribution in [0, 0.1) is 17.3 Å². The molecule has 2 amide bonds. The number of halogens is 1. The van der Waals surface area contributed by atoms with Crippen LogP contribution in [-0.2, 0) is 9.59 Å². The molecule has 0 aromatic heterocycles. The minimum Gasteiger partial charge on any atom is -0.342 e. The molecule has 6 heteroatoms. The van der Waals surface area contributed by atoms with Gasteiger partial charge in [-0.15, -0.1) is 0 Å². The Kier molecular flexibility index (Phi) is 4.60. The molecule has 5 nitrogen and oxygen atoms in total. The maximum atomic E-state index is 13.5. The molecule has 7 rings (SSSR count). The molecular formula is C29H28ClN3O2. The van der Waals surface area contributed by atoms with Crippen molar-refractivity contribution in [1.29, 1.82) is 0 Å². The molecule has 2 unspecified atom stereocenters. The highest BCUT2D eigenvalue weighted by atomic mass is 35.5. The second-order valence-corrected chi connectivity index (χ2v) is 11.4. The van der Waals surface area contributed by atoms with Crippen LogP contribution in [0.25, 0.3) is 11.1 Å². The molecule has 2 heterocycles. The monoisotopic (exact) mass is 485 g/mol. The topological polar surface area (TPSA) is 53.0 Å². The number of amides is 2. The quantitative estimate of drug-likeness (QED) is 0.563. The van der Waals surface area contributed by atoms with Crippen LogP contribution in [0.5, 0.6) is 0 Å². The number of nitrogens with zero attached hydrogens (tertiary/aromatic N) is 3. The molecule has 35 heavy (non-hydrogen) atoms. The molecule has 0 bridgehead atoms. The summed E-state index contributed by atoms with van der Waals surface area (Å²) in [6, 6.07) is 16.1. The molecule has 2 aliphatic heterocycles. The molecule has 2 atom stereocenters. The summed E-state index contributed by atoms with van der Waals surface area (Å²) in [5.74, 6) is 1.80. The van der Waals surface area contributed by atoms with Crippen molar-refractivity contribution >= 4 is 29.3 Å². The predicted octanol–water partition coefficient (Wildman–Crippen LogP) is 4.94. The number of benzene rings is 2. The van der Waals surface area contributed by atoms with E-state index in [1.54, 1.807) is 0 Å².